The highest BCUT2D eigenvalue weighted by molar-refractivity contribution is 7.99. The van der Waals surface area contributed by atoms with E-state index in [2.05, 4.69) is 26.8 Å². The number of benzene rings is 2. The van der Waals surface area contributed by atoms with Crippen molar-refractivity contribution in [3.63, 3.8) is 0 Å². The Hall–Kier alpha value is -3.80. The lowest BCUT2D eigenvalue weighted by Crippen LogP contribution is -2.15. The third-order valence-electron chi connectivity index (χ3n) is 4.07. The van der Waals surface area contributed by atoms with E-state index in [1.807, 2.05) is 0 Å². The molecule has 2 aromatic carbocycles. The number of amides is 1. The maximum absolute atomic E-state index is 12.3. The number of nitrogens with zero attached hydrogens (tertiary/aromatic N) is 4. The van der Waals surface area contributed by atoms with Crippen molar-refractivity contribution in [2.24, 2.45) is 0 Å². The summed E-state index contributed by atoms with van der Waals surface area (Å²) in [6.45, 7) is 1.12. The standard InChI is InChI=1S/C20H17F2N5O4S/c1-2-11-26-18(13-7-9-14(10-8-13)31-19(21)22)24-25-20(26)32-12-17(28)23-15-5-3-4-6-16(15)27(29)30/h2-10,19H,1,11-12H2,(H,23,28). The number of carbonyl (C=O) groups excluding carboxylic acids is 1. The molecule has 32 heavy (non-hydrogen) atoms. The topological polar surface area (TPSA) is 112 Å². The van der Waals surface area contributed by atoms with E-state index in [9.17, 15) is 23.7 Å². The van der Waals surface area contributed by atoms with Crippen LogP contribution >= 0.6 is 11.8 Å². The summed E-state index contributed by atoms with van der Waals surface area (Å²) in [6.07, 6.45) is 1.62. The summed E-state index contributed by atoms with van der Waals surface area (Å²) >= 11 is 1.09. The van der Waals surface area contributed by atoms with Crippen molar-refractivity contribution >= 4 is 29.0 Å². The summed E-state index contributed by atoms with van der Waals surface area (Å²) in [4.78, 5) is 22.8. The number of para-hydroxylation sites is 2. The Balaban J connectivity index is 1.72. The van der Waals surface area contributed by atoms with E-state index in [-0.39, 0.29) is 22.9 Å². The average molecular weight is 461 g/mol. The van der Waals surface area contributed by atoms with Gasteiger partial charge in [0.15, 0.2) is 11.0 Å². The first-order valence-corrected chi connectivity index (χ1v) is 10.1. The molecule has 1 aromatic heterocycles. The van der Waals surface area contributed by atoms with Crippen LogP contribution in [-0.2, 0) is 11.3 Å². The van der Waals surface area contributed by atoms with E-state index in [0.717, 1.165) is 11.8 Å². The van der Waals surface area contributed by atoms with Crippen LogP contribution in [0.25, 0.3) is 11.4 Å². The van der Waals surface area contributed by atoms with Crippen molar-refractivity contribution in [1.29, 1.82) is 0 Å². The maximum Gasteiger partial charge on any atom is 0.387 e. The SMILES string of the molecule is C=CCn1c(SCC(=O)Nc2ccccc2[N+](=O)[O-])nnc1-c1ccc(OC(F)F)cc1. The van der Waals surface area contributed by atoms with Gasteiger partial charge in [-0.2, -0.15) is 8.78 Å². The number of hydrogen-bond donors (Lipinski definition) is 1. The van der Waals surface area contributed by atoms with Gasteiger partial charge < -0.3 is 10.1 Å². The lowest BCUT2D eigenvalue weighted by Gasteiger charge is -2.09. The monoisotopic (exact) mass is 461 g/mol. The third kappa shape index (κ3) is 5.66. The molecule has 0 aliphatic carbocycles. The molecule has 12 heteroatoms. The summed E-state index contributed by atoms with van der Waals surface area (Å²) in [7, 11) is 0. The molecule has 1 heterocycles. The van der Waals surface area contributed by atoms with Gasteiger partial charge in [-0.25, -0.2) is 0 Å². The van der Waals surface area contributed by atoms with Crippen molar-refractivity contribution < 1.29 is 23.2 Å². The van der Waals surface area contributed by atoms with Crippen LogP contribution in [-0.4, -0.2) is 38.0 Å². The second kappa shape index (κ2) is 10.5. The van der Waals surface area contributed by atoms with Crippen molar-refractivity contribution in [1.82, 2.24) is 14.8 Å². The molecule has 0 fully saturated rings. The molecule has 0 aliphatic rings. The normalized spacial score (nSPS) is 10.7. The Bertz CT molecular complexity index is 1120. The summed E-state index contributed by atoms with van der Waals surface area (Å²) in [5.74, 6) is -0.0508. The van der Waals surface area contributed by atoms with E-state index in [1.54, 1.807) is 28.8 Å². The number of halogens is 2. The molecule has 9 nitrogen and oxygen atoms in total. The number of allylic oxidation sites excluding steroid dienone is 1. The number of ether oxygens (including phenoxy) is 1. The summed E-state index contributed by atoms with van der Waals surface area (Å²) in [5.41, 5.74) is 0.502. The van der Waals surface area contributed by atoms with Crippen molar-refractivity contribution in [2.75, 3.05) is 11.1 Å². The van der Waals surface area contributed by atoms with Gasteiger partial charge in [0.25, 0.3) is 5.69 Å². The van der Waals surface area contributed by atoms with Crippen LogP contribution in [0.2, 0.25) is 0 Å². The van der Waals surface area contributed by atoms with Crippen LogP contribution in [0, 0.1) is 10.1 Å². The average Bonchev–Trinajstić information content (AvgIpc) is 3.15. The molecule has 0 radical (unpaired) electrons. The van der Waals surface area contributed by atoms with Gasteiger partial charge in [-0.15, -0.1) is 16.8 Å². The predicted octanol–water partition coefficient (Wildman–Crippen LogP) is 4.37. The number of alkyl halides is 2. The van der Waals surface area contributed by atoms with Crippen LogP contribution < -0.4 is 10.1 Å². The Morgan fingerprint density at radius 3 is 2.62 bits per heavy atom. The van der Waals surface area contributed by atoms with Crippen LogP contribution in [0.5, 0.6) is 5.75 Å². The van der Waals surface area contributed by atoms with E-state index >= 15 is 0 Å². The van der Waals surface area contributed by atoms with Gasteiger partial charge in [0.05, 0.1) is 10.7 Å². The van der Waals surface area contributed by atoms with Crippen LogP contribution in [0.3, 0.4) is 0 Å². The number of anilines is 1. The predicted molar refractivity (Wildman–Crippen MR) is 115 cm³/mol. The van der Waals surface area contributed by atoms with E-state index < -0.39 is 17.4 Å². The molecule has 0 atom stereocenters. The Labute approximate surface area is 185 Å². The Kier molecular flexibility index (Phi) is 7.49. The number of carbonyl (C=O) groups is 1. The highest BCUT2D eigenvalue weighted by Gasteiger charge is 2.18. The number of nitro groups is 1. The molecule has 0 unspecified atom stereocenters. The maximum atomic E-state index is 12.3. The van der Waals surface area contributed by atoms with E-state index in [4.69, 9.17) is 0 Å². The largest absolute Gasteiger partial charge is 0.435 e. The zero-order chi connectivity index (χ0) is 23.1. The zero-order valence-electron chi connectivity index (χ0n) is 16.5. The van der Waals surface area contributed by atoms with Crippen molar-refractivity contribution in [2.45, 2.75) is 18.3 Å². The lowest BCUT2D eigenvalue weighted by atomic mass is 10.2. The van der Waals surface area contributed by atoms with Crippen LogP contribution in [0.1, 0.15) is 0 Å². The number of nitro benzene ring substituents is 1. The lowest BCUT2D eigenvalue weighted by molar-refractivity contribution is -0.383. The van der Waals surface area contributed by atoms with Gasteiger partial charge in [0, 0.05) is 18.2 Å². The molecule has 3 rings (SSSR count). The Morgan fingerprint density at radius 2 is 1.97 bits per heavy atom. The number of thioether (sulfide) groups is 1. The second-order valence-corrected chi connectivity index (χ2v) is 7.16. The van der Waals surface area contributed by atoms with Gasteiger partial charge in [0.2, 0.25) is 5.91 Å². The molecule has 0 aliphatic heterocycles. The minimum absolute atomic E-state index is 0.0137. The first kappa shape index (κ1) is 22.9. The van der Waals surface area contributed by atoms with Gasteiger partial charge in [-0.3, -0.25) is 19.5 Å². The van der Waals surface area contributed by atoms with Crippen LogP contribution in [0.15, 0.2) is 66.3 Å². The first-order valence-electron chi connectivity index (χ1n) is 9.14. The number of aromatic nitrogens is 3. The van der Waals surface area contributed by atoms with Gasteiger partial charge >= 0.3 is 6.61 Å². The molecule has 0 saturated carbocycles. The van der Waals surface area contributed by atoms with E-state index in [1.165, 1.54) is 30.3 Å². The molecule has 1 N–H and O–H groups in total. The fraction of sp³-hybridized carbons (Fsp3) is 0.150. The van der Waals surface area contributed by atoms with E-state index in [0.29, 0.717) is 23.1 Å². The van der Waals surface area contributed by atoms with Gasteiger partial charge in [-0.05, 0) is 30.3 Å². The van der Waals surface area contributed by atoms with Crippen molar-refractivity contribution in [3.05, 3.63) is 71.3 Å². The molecule has 0 bridgehead atoms. The fourth-order valence-electron chi connectivity index (χ4n) is 2.74. The molecule has 0 saturated heterocycles. The highest BCUT2D eigenvalue weighted by Crippen LogP contribution is 2.27. The summed E-state index contributed by atoms with van der Waals surface area (Å²) in [6, 6.07) is 11.7. The summed E-state index contributed by atoms with van der Waals surface area (Å²) < 4.78 is 30.7. The van der Waals surface area contributed by atoms with Crippen LogP contribution in [0.4, 0.5) is 20.2 Å². The molecule has 166 valence electrons. The zero-order valence-corrected chi connectivity index (χ0v) is 17.3. The smallest absolute Gasteiger partial charge is 0.387 e. The summed E-state index contributed by atoms with van der Waals surface area (Å²) in [5, 5.41) is 22.2. The minimum Gasteiger partial charge on any atom is -0.435 e. The Morgan fingerprint density at radius 1 is 1.25 bits per heavy atom. The second-order valence-electron chi connectivity index (χ2n) is 6.22. The third-order valence-corrected chi connectivity index (χ3v) is 5.04. The van der Waals surface area contributed by atoms with Crippen molar-refractivity contribution in [3.8, 4) is 17.1 Å². The molecule has 3 aromatic rings. The highest BCUT2D eigenvalue weighted by atomic mass is 32.2. The van der Waals surface area contributed by atoms with Gasteiger partial charge in [0.1, 0.15) is 11.4 Å². The number of hydrogen-bond acceptors (Lipinski definition) is 7. The molecular formula is C20H17F2N5O4S. The van der Waals surface area contributed by atoms with Gasteiger partial charge in [-0.1, -0.05) is 30.0 Å². The first-order chi connectivity index (χ1) is 15.4. The fourth-order valence-corrected chi connectivity index (χ4v) is 3.49. The molecular weight excluding hydrogens is 444 g/mol. The number of nitrogens with one attached hydrogen (secondary N) is 1. The number of rotatable bonds is 10. The quantitative estimate of drug-likeness (QED) is 0.206. The molecule has 0 spiro atoms. The minimum atomic E-state index is -2.92. The molecule has 1 amide bonds.